The van der Waals surface area contributed by atoms with E-state index in [-0.39, 0.29) is 16.6 Å². The highest BCUT2D eigenvalue weighted by Crippen LogP contribution is 2.27. The van der Waals surface area contributed by atoms with Crippen LogP contribution in [0, 0.1) is 11.3 Å². The first-order valence-electron chi connectivity index (χ1n) is 9.32. The van der Waals surface area contributed by atoms with Gasteiger partial charge in [0.1, 0.15) is 17.4 Å². The minimum Gasteiger partial charge on any atom is -0.492 e. The van der Waals surface area contributed by atoms with Gasteiger partial charge in [0.25, 0.3) is 5.56 Å². The molecule has 3 aromatic rings. The molecule has 0 aliphatic rings. The van der Waals surface area contributed by atoms with Crippen LogP contribution in [0.25, 0.3) is 11.3 Å². The molecule has 1 amide bonds. The lowest BCUT2D eigenvalue weighted by atomic mass is 10.1. The molecule has 1 heterocycles. The number of aromatic amines is 1. The summed E-state index contributed by atoms with van der Waals surface area (Å²) >= 11 is 1.10. The summed E-state index contributed by atoms with van der Waals surface area (Å²) in [5, 5.41) is 11.9. The predicted octanol–water partition coefficient (Wildman–Crippen LogP) is 3.83. The van der Waals surface area contributed by atoms with E-state index in [9.17, 15) is 14.9 Å². The minimum absolute atomic E-state index is 0.0618. The zero-order valence-electron chi connectivity index (χ0n) is 16.5. The topological polar surface area (TPSA) is 108 Å². The van der Waals surface area contributed by atoms with E-state index in [1.165, 1.54) is 0 Å². The Hall–Kier alpha value is -3.57. The molecule has 0 aliphatic carbocycles. The molecular formula is C22H20N4O3S. The van der Waals surface area contributed by atoms with Crippen molar-refractivity contribution in [3.8, 4) is 23.1 Å². The first kappa shape index (κ1) is 21.1. The maximum Gasteiger partial charge on any atom is 0.270 e. The molecular weight excluding hydrogens is 400 g/mol. The number of para-hydroxylation sites is 2. The molecule has 0 saturated carbocycles. The fourth-order valence-electron chi connectivity index (χ4n) is 2.72. The number of hydrogen-bond donors (Lipinski definition) is 2. The molecule has 30 heavy (non-hydrogen) atoms. The number of nitriles is 1. The van der Waals surface area contributed by atoms with E-state index < -0.39 is 10.8 Å². The van der Waals surface area contributed by atoms with Crippen molar-refractivity contribution >= 4 is 23.4 Å². The number of ether oxygens (including phenoxy) is 1. The molecule has 3 rings (SSSR count). The highest BCUT2D eigenvalue weighted by Gasteiger charge is 2.20. The van der Waals surface area contributed by atoms with Gasteiger partial charge in [-0.3, -0.25) is 9.59 Å². The van der Waals surface area contributed by atoms with Crippen LogP contribution < -0.4 is 15.6 Å². The van der Waals surface area contributed by atoms with Crippen LogP contribution in [0.2, 0.25) is 0 Å². The molecule has 1 aromatic heterocycles. The minimum atomic E-state index is -0.556. The molecule has 0 unspecified atom stereocenters. The van der Waals surface area contributed by atoms with E-state index in [1.54, 1.807) is 43.3 Å². The second-order valence-electron chi connectivity index (χ2n) is 6.25. The van der Waals surface area contributed by atoms with Crippen molar-refractivity contribution in [3.05, 3.63) is 70.5 Å². The molecule has 2 aromatic carbocycles. The number of rotatable bonds is 7. The van der Waals surface area contributed by atoms with Gasteiger partial charge < -0.3 is 15.0 Å². The third kappa shape index (κ3) is 4.88. The molecule has 0 fully saturated rings. The van der Waals surface area contributed by atoms with Crippen LogP contribution in [-0.4, -0.2) is 27.7 Å². The van der Waals surface area contributed by atoms with E-state index in [2.05, 4.69) is 15.3 Å². The van der Waals surface area contributed by atoms with Crippen molar-refractivity contribution in [1.29, 1.82) is 5.26 Å². The Morgan fingerprint density at radius 1 is 1.23 bits per heavy atom. The second-order valence-corrected chi connectivity index (χ2v) is 7.58. The number of carbonyl (C=O) groups excluding carboxylic acids is 1. The van der Waals surface area contributed by atoms with Crippen LogP contribution in [0.15, 0.2) is 64.5 Å². The number of benzene rings is 2. The number of aromatic nitrogens is 2. The fraction of sp³-hybridized carbons (Fsp3) is 0.182. The Morgan fingerprint density at radius 2 is 1.93 bits per heavy atom. The van der Waals surface area contributed by atoms with Crippen LogP contribution in [-0.2, 0) is 4.79 Å². The van der Waals surface area contributed by atoms with Crippen LogP contribution in [0.3, 0.4) is 0 Å². The van der Waals surface area contributed by atoms with Gasteiger partial charge in [-0.1, -0.05) is 54.2 Å². The Morgan fingerprint density at radius 3 is 2.63 bits per heavy atom. The molecule has 152 valence electrons. The standard InChI is InChI=1S/C22H20N4O3S/c1-3-29-18-12-8-7-11-17(18)24-20(27)14(2)30-22-25-19(15-9-5-4-6-10-15)16(13-23)21(28)26-22/h4-12,14H,3H2,1-2H3,(H,24,27)(H,25,26,28)/t14-/m1/s1. The first-order chi connectivity index (χ1) is 14.5. The number of nitrogens with one attached hydrogen (secondary N) is 2. The Bertz CT molecular complexity index is 1140. The van der Waals surface area contributed by atoms with Gasteiger partial charge in [-0.25, -0.2) is 4.98 Å². The highest BCUT2D eigenvalue weighted by atomic mass is 32.2. The van der Waals surface area contributed by atoms with Crippen molar-refractivity contribution in [2.45, 2.75) is 24.3 Å². The number of amides is 1. The van der Waals surface area contributed by atoms with Gasteiger partial charge in [-0.2, -0.15) is 5.26 Å². The summed E-state index contributed by atoms with van der Waals surface area (Å²) in [7, 11) is 0. The van der Waals surface area contributed by atoms with Gasteiger partial charge >= 0.3 is 0 Å². The van der Waals surface area contributed by atoms with Crippen LogP contribution in [0.5, 0.6) is 5.75 Å². The molecule has 0 bridgehead atoms. The number of nitrogens with zero attached hydrogens (tertiary/aromatic N) is 2. The smallest absolute Gasteiger partial charge is 0.270 e. The highest BCUT2D eigenvalue weighted by molar-refractivity contribution is 8.00. The SMILES string of the molecule is CCOc1ccccc1NC(=O)[C@@H](C)Sc1nc(-c2ccccc2)c(C#N)c(=O)[nH]1. The maximum absolute atomic E-state index is 12.7. The largest absolute Gasteiger partial charge is 0.492 e. The van der Waals surface area contributed by atoms with E-state index in [0.29, 0.717) is 29.3 Å². The van der Waals surface area contributed by atoms with Gasteiger partial charge in [0, 0.05) is 5.56 Å². The van der Waals surface area contributed by atoms with Gasteiger partial charge in [0.2, 0.25) is 5.91 Å². The summed E-state index contributed by atoms with van der Waals surface area (Å²) in [6.07, 6.45) is 0. The first-order valence-corrected chi connectivity index (χ1v) is 10.2. The fourth-order valence-corrected chi connectivity index (χ4v) is 3.52. The Balaban J connectivity index is 1.83. The molecule has 8 heteroatoms. The van der Waals surface area contributed by atoms with Crippen molar-refractivity contribution in [2.24, 2.45) is 0 Å². The van der Waals surface area contributed by atoms with Crippen molar-refractivity contribution in [3.63, 3.8) is 0 Å². The molecule has 1 atom stereocenters. The van der Waals surface area contributed by atoms with Crippen LogP contribution in [0.4, 0.5) is 5.69 Å². The summed E-state index contributed by atoms with van der Waals surface area (Å²) < 4.78 is 5.53. The van der Waals surface area contributed by atoms with Crippen molar-refractivity contribution in [1.82, 2.24) is 9.97 Å². The zero-order valence-corrected chi connectivity index (χ0v) is 17.3. The average Bonchev–Trinajstić information content (AvgIpc) is 2.75. The van der Waals surface area contributed by atoms with Crippen LogP contribution >= 0.6 is 11.8 Å². The molecule has 2 N–H and O–H groups in total. The summed E-state index contributed by atoms with van der Waals surface area (Å²) in [6, 6.07) is 18.1. The van der Waals surface area contributed by atoms with Gasteiger partial charge in [-0.15, -0.1) is 0 Å². The van der Waals surface area contributed by atoms with E-state index >= 15 is 0 Å². The lowest BCUT2D eigenvalue weighted by molar-refractivity contribution is -0.115. The number of thioether (sulfide) groups is 1. The number of anilines is 1. The van der Waals surface area contributed by atoms with Gasteiger partial charge in [-0.05, 0) is 26.0 Å². The zero-order chi connectivity index (χ0) is 21.5. The Labute approximate surface area is 178 Å². The Kier molecular flexibility index (Phi) is 6.88. The molecule has 0 aliphatic heterocycles. The molecule has 0 spiro atoms. The summed E-state index contributed by atoms with van der Waals surface area (Å²) in [6.45, 7) is 4.06. The molecule has 7 nitrogen and oxygen atoms in total. The van der Waals surface area contributed by atoms with E-state index in [1.807, 2.05) is 31.2 Å². The van der Waals surface area contributed by atoms with E-state index in [0.717, 1.165) is 11.8 Å². The lowest BCUT2D eigenvalue weighted by Gasteiger charge is -2.15. The third-order valence-corrected chi connectivity index (χ3v) is 5.14. The van der Waals surface area contributed by atoms with Crippen molar-refractivity contribution in [2.75, 3.05) is 11.9 Å². The molecule has 0 saturated heterocycles. The average molecular weight is 420 g/mol. The quantitative estimate of drug-likeness (QED) is 0.444. The van der Waals surface area contributed by atoms with Crippen molar-refractivity contribution < 1.29 is 9.53 Å². The summed E-state index contributed by atoms with van der Waals surface area (Å²) in [5.74, 6) is 0.322. The number of hydrogen-bond acceptors (Lipinski definition) is 6. The monoisotopic (exact) mass is 420 g/mol. The maximum atomic E-state index is 12.7. The summed E-state index contributed by atoms with van der Waals surface area (Å²) in [4.78, 5) is 32.1. The third-order valence-electron chi connectivity index (χ3n) is 4.16. The second kappa shape index (κ2) is 9.76. The van der Waals surface area contributed by atoms with Crippen LogP contribution in [0.1, 0.15) is 19.4 Å². The van der Waals surface area contributed by atoms with Gasteiger partial charge in [0.15, 0.2) is 5.16 Å². The summed E-state index contributed by atoms with van der Waals surface area (Å²) in [5.41, 5.74) is 0.919. The normalized spacial score (nSPS) is 11.4. The van der Waals surface area contributed by atoms with E-state index in [4.69, 9.17) is 4.74 Å². The number of carbonyl (C=O) groups is 1. The molecule has 0 radical (unpaired) electrons. The number of H-pyrrole nitrogens is 1. The van der Waals surface area contributed by atoms with Gasteiger partial charge in [0.05, 0.1) is 23.2 Å². The predicted molar refractivity (Wildman–Crippen MR) is 117 cm³/mol. The lowest BCUT2D eigenvalue weighted by Crippen LogP contribution is -2.24.